The molecule has 1 rings (SSSR count). The minimum atomic E-state index is -5.62. The van der Waals surface area contributed by atoms with Gasteiger partial charge in [0.15, 0.2) is 0 Å². The molecule has 0 radical (unpaired) electrons. The van der Waals surface area contributed by atoms with Crippen LogP contribution in [0.1, 0.15) is 12.8 Å². The van der Waals surface area contributed by atoms with E-state index < -0.39 is 54.3 Å². The van der Waals surface area contributed by atoms with Crippen LogP contribution in [-0.4, -0.2) is 63.5 Å². The maximum absolute atomic E-state index is 11.7. The van der Waals surface area contributed by atoms with Crippen molar-refractivity contribution in [2.24, 2.45) is 5.73 Å². The van der Waals surface area contributed by atoms with Gasteiger partial charge in [-0.2, -0.15) is 8.62 Å². The molecule has 1 aliphatic rings. The standard InChI is InChI=1S/C9H21NO14P4/c10-2-1-3-19-9(11)22-6-4-8(25)21-7(6)5-20-27(15,16)24-28(17,18)23-26(12,13)14/h6-8H,1-5,10,25H2,(H,15,16)(H,17,18)(H2,12,13,14). The molecule has 28 heavy (non-hydrogen) atoms. The molecule has 6 unspecified atom stereocenters. The number of carbonyl (C=O) groups excluding carboxylic acids is 1. The first-order valence-electron chi connectivity index (χ1n) is 7.46. The fraction of sp³-hybridized carbons (Fsp3) is 0.889. The number of rotatable bonds is 11. The highest BCUT2D eigenvalue weighted by Crippen LogP contribution is 2.66. The van der Waals surface area contributed by atoms with Crippen LogP contribution in [0.4, 0.5) is 4.79 Å². The first kappa shape index (κ1) is 26.1. The van der Waals surface area contributed by atoms with Crippen LogP contribution in [-0.2, 0) is 41.1 Å². The van der Waals surface area contributed by atoms with Gasteiger partial charge in [-0.05, 0) is 13.0 Å². The zero-order chi connectivity index (χ0) is 21.6. The van der Waals surface area contributed by atoms with Crippen molar-refractivity contribution in [3.05, 3.63) is 0 Å². The molecule has 1 heterocycles. The van der Waals surface area contributed by atoms with E-state index in [4.69, 9.17) is 34.6 Å². The molecule has 0 bridgehead atoms. The molecule has 1 fully saturated rings. The molecule has 0 saturated carbocycles. The topological polar surface area (TPSA) is 231 Å². The van der Waals surface area contributed by atoms with Gasteiger partial charge in [0.1, 0.15) is 12.2 Å². The van der Waals surface area contributed by atoms with Gasteiger partial charge >= 0.3 is 29.6 Å². The molecule has 0 aromatic heterocycles. The number of phosphoric ester groups is 1. The maximum Gasteiger partial charge on any atom is 0.508 e. The van der Waals surface area contributed by atoms with Gasteiger partial charge in [0.05, 0.1) is 19.1 Å². The van der Waals surface area contributed by atoms with Crippen molar-refractivity contribution in [2.75, 3.05) is 19.8 Å². The molecular weight excluding hydrogens is 470 g/mol. The van der Waals surface area contributed by atoms with Gasteiger partial charge in [-0.25, -0.2) is 18.5 Å². The zero-order valence-corrected chi connectivity index (χ0v) is 18.0. The van der Waals surface area contributed by atoms with E-state index in [2.05, 4.69) is 22.4 Å². The van der Waals surface area contributed by atoms with Crippen LogP contribution >= 0.6 is 32.7 Å². The fourth-order valence-electron chi connectivity index (χ4n) is 1.89. The maximum atomic E-state index is 11.7. The molecule has 15 nitrogen and oxygen atoms in total. The molecule has 1 aliphatic heterocycles. The largest absolute Gasteiger partial charge is 0.508 e. The molecule has 19 heteroatoms. The van der Waals surface area contributed by atoms with Gasteiger partial charge in [-0.15, -0.1) is 9.24 Å². The summed E-state index contributed by atoms with van der Waals surface area (Å²) in [5.74, 6) is -0.503. The summed E-state index contributed by atoms with van der Waals surface area (Å²) < 4.78 is 60.2. The highest BCUT2D eigenvalue weighted by molar-refractivity contribution is 7.66. The Morgan fingerprint density at radius 3 is 2.36 bits per heavy atom. The van der Waals surface area contributed by atoms with E-state index in [1.165, 1.54) is 0 Å². The van der Waals surface area contributed by atoms with E-state index in [1.807, 2.05) is 0 Å². The van der Waals surface area contributed by atoms with E-state index in [9.17, 15) is 23.4 Å². The van der Waals surface area contributed by atoms with E-state index >= 15 is 0 Å². The van der Waals surface area contributed by atoms with Crippen molar-refractivity contribution in [3.8, 4) is 0 Å². The molecule has 1 saturated heterocycles. The van der Waals surface area contributed by atoms with Gasteiger partial charge in [-0.3, -0.25) is 4.52 Å². The Balaban J connectivity index is 2.60. The molecule has 0 amide bonds. The lowest BCUT2D eigenvalue weighted by atomic mass is 10.2. The average Bonchev–Trinajstić information content (AvgIpc) is 2.81. The Morgan fingerprint density at radius 1 is 1.14 bits per heavy atom. The molecule has 166 valence electrons. The Morgan fingerprint density at radius 2 is 1.79 bits per heavy atom. The minimum Gasteiger partial charge on any atom is -0.434 e. The highest BCUT2D eigenvalue weighted by atomic mass is 31.3. The third-order valence-corrected chi connectivity index (χ3v) is 7.09. The molecule has 6 N–H and O–H groups in total. The Hall–Kier alpha value is 0.0300. The van der Waals surface area contributed by atoms with Gasteiger partial charge < -0.3 is 39.5 Å². The molecule has 0 aromatic rings. The smallest absolute Gasteiger partial charge is 0.434 e. The second kappa shape index (κ2) is 10.9. The third kappa shape index (κ3) is 10.7. The van der Waals surface area contributed by atoms with Crippen molar-refractivity contribution in [1.29, 1.82) is 0 Å². The van der Waals surface area contributed by atoms with Gasteiger partial charge in [0, 0.05) is 6.42 Å². The molecule has 0 aromatic carbocycles. The quantitative estimate of drug-likeness (QED) is 0.147. The number of carbonyl (C=O) groups is 1. The highest BCUT2D eigenvalue weighted by Gasteiger charge is 2.43. The minimum absolute atomic E-state index is 0.0272. The lowest BCUT2D eigenvalue weighted by Crippen LogP contribution is -2.31. The van der Waals surface area contributed by atoms with Crippen LogP contribution < -0.4 is 5.73 Å². The van der Waals surface area contributed by atoms with Gasteiger partial charge in [-0.1, -0.05) is 0 Å². The summed E-state index contributed by atoms with van der Waals surface area (Å²) in [5.41, 5.74) is 5.25. The third-order valence-electron chi connectivity index (χ3n) is 2.86. The Kier molecular flexibility index (Phi) is 10.1. The summed E-state index contributed by atoms with van der Waals surface area (Å²) in [7, 11) is -14.1. The summed E-state index contributed by atoms with van der Waals surface area (Å²) in [4.78, 5) is 47.0. The van der Waals surface area contributed by atoms with Crippen molar-refractivity contribution in [2.45, 2.75) is 30.9 Å². The molecular formula is C9H21NO14P4. The fourth-order valence-corrected chi connectivity index (χ4v) is 5.39. The molecule has 6 atom stereocenters. The number of hydrogen-bond donors (Lipinski definition) is 5. The van der Waals surface area contributed by atoms with Crippen LogP contribution in [0.5, 0.6) is 0 Å². The summed E-state index contributed by atoms with van der Waals surface area (Å²) in [5, 5.41) is 0. The number of ether oxygens (including phenoxy) is 3. The summed E-state index contributed by atoms with van der Waals surface area (Å²) in [6.45, 7) is -0.412. The number of phosphoric acid groups is 3. The van der Waals surface area contributed by atoms with Crippen LogP contribution in [0.25, 0.3) is 0 Å². The SMILES string of the molecule is NCCCOC(=O)OC1CC(P)OC1COP(=O)(O)OP(=O)(O)OP(=O)(O)O. The predicted octanol–water partition coefficient (Wildman–Crippen LogP) is 0.190. The average molecular weight is 491 g/mol. The van der Waals surface area contributed by atoms with Crippen LogP contribution in [0.2, 0.25) is 0 Å². The first-order chi connectivity index (χ1) is 12.7. The van der Waals surface area contributed by atoms with Crippen molar-refractivity contribution in [1.82, 2.24) is 0 Å². The first-order valence-corrected chi connectivity index (χ1v) is 12.6. The second-order valence-electron chi connectivity index (χ2n) is 5.23. The van der Waals surface area contributed by atoms with Crippen LogP contribution in [0.15, 0.2) is 0 Å². The van der Waals surface area contributed by atoms with E-state index in [0.717, 1.165) is 0 Å². The predicted molar refractivity (Wildman–Crippen MR) is 92.7 cm³/mol. The van der Waals surface area contributed by atoms with Crippen LogP contribution in [0, 0.1) is 0 Å². The summed E-state index contributed by atoms with van der Waals surface area (Å²) in [6, 6.07) is 0. The van der Waals surface area contributed by atoms with Crippen molar-refractivity contribution < 1.29 is 65.4 Å². The number of hydrogen-bond acceptors (Lipinski definition) is 11. The van der Waals surface area contributed by atoms with Gasteiger partial charge in [0.25, 0.3) is 0 Å². The van der Waals surface area contributed by atoms with Crippen molar-refractivity contribution in [3.63, 3.8) is 0 Å². The van der Waals surface area contributed by atoms with Crippen LogP contribution in [0.3, 0.4) is 0 Å². The van der Waals surface area contributed by atoms with E-state index in [0.29, 0.717) is 13.0 Å². The molecule has 0 spiro atoms. The monoisotopic (exact) mass is 491 g/mol. The number of nitrogens with two attached hydrogens (primary N) is 1. The Bertz CT molecular complexity index is 667. The molecule has 0 aliphatic carbocycles. The van der Waals surface area contributed by atoms with Gasteiger partial charge in [0.2, 0.25) is 0 Å². The Labute approximate surface area is 161 Å². The zero-order valence-electron chi connectivity index (χ0n) is 14.1. The van der Waals surface area contributed by atoms with E-state index in [1.54, 1.807) is 0 Å². The van der Waals surface area contributed by atoms with Crippen molar-refractivity contribution >= 4 is 38.9 Å². The lowest BCUT2D eigenvalue weighted by Gasteiger charge is -2.21. The van der Waals surface area contributed by atoms with E-state index in [-0.39, 0.29) is 13.0 Å². The summed E-state index contributed by atoms with van der Waals surface area (Å²) in [6.07, 6.45) is -2.46. The summed E-state index contributed by atoms with van der Waals surface area (Å²) >= 11 is 0. The normalized spacial score (nSPS) is 27.0. The second-order valence-corrected chi connectivity index (χ2v) is 10.4. The lowest BCUT2D eigenvalue weighted by molar-refractivity contribution is -0.0316.